The fraction of sp³-hybridized carbons (Fsp3) is 0.393. The fourth-order valence-electron chi connectivity index (χ4n) is 29.8. The molecule has 0 amide bonds. The predicted molar refractivity (Wildman–Crippen MR) is 557 cm³/mol. The Labute approximate surface area is 788 Å². The molecule has 0 N–H and O–H groups in total. The first kappa shape index (κ1) is 92.8. The molecular formula is C122H142Cl2Si2Zr. The van der Waals surface area contributed by atoms with Crippen LogP contribution >= 0.6 is 17.0 Å². The van der Waals surface area contributed by atoms with Crippen LogP contribution in [0.25, 0.3) is 79.0 Å². The van der Waals surface area contributed by atoms with E-state index in [1.165, 1.54) is 209 Å². The molecule has 10 aliphatic rings. The van der Waals surface area contributed by atoms with Crippen LogP contribution < -0.4 is 0 Å². The van der Waals surface area contributed by atoms with E-state index in [1.807, 2.05) is 0 Å². The minimum absolute atomic E-state index is 0. The van der Waals surface area contributed by atoms with E-state index in [0.717, 1.165) is 25.7 Å². The van der Waals surface area contributed by atoms with E-state index in [9.17, 15) is 0 Å². The standard InChI is InChI=1S/C60H72Si.C60H64Si.2CH3.2ClH.Zr/c2*1-33-19-34(2)24-43(23-33)53-47-15-13-17-49(47)55(45-27-37(5)21-38(6)28-45)57-51(53)31-41(9)59(57)61(11,12)60-42(10)32-52-54(44-25-35(3)20-36(4)26-44)48-16-14-18-50(48)56(58(52)60)46-29-39(7)22-40(8)30-46;;;;;/h19-30,41-42,51-52,57-60H,13-18,31-32H2,1-12H3;19-32,59-60H,13-18H2,1-12H3;2*1H3;2*1H;/q;;2*-1;;;+4/p-2. The summed E-state index contributed by atoms with van der Waals surface area (Å²) in [6, 6.07) is 59.4. The van der Waals surface area contributed by atoms with E-state index >= 15 is 0 Å². The summed E-state index contributed by atoms with van der Waals surface area (Å²) in [5.74, 6) is 3.64. The van der Waals surface area contributed by atoms with Crippen molar-refractivity contribution < 1.29 is 20.8 Å². The normalized spacial score (nSPS) is 22.3. The van der Waals surface area contributed by atoms with Gasteiger partial charge in [0, 0.05) is 11.1 Å². The molecule has 10 atom stereocenters. The van der Waals surface area contributed by atoms with Gasteiger partial charge < -0.3 is 14.9 Å². The third-order valence-corrected chi connectivity index (χ3v) is 41.9. The summed E-state index contributed by atoms with van der Waals surface area (Å²) in [6.45, 7) is 58.8. The molecule has 0 bridgehead atoms. The summed E-state index contributed by atoms with van der Waals surface area (Å²) >= 11 is -0.826. The van der Waals surface area contributed by atoms with Crippen molar-refractivity contribution in [2.75, 3.05) is 0 Å². The second kappa shape index (κ2) is 35.9. The van der Waals surface area contributed by atoms with Crippen molar-refractivity contribution in [1.29, 1.82) is 0 Å². The second-order valence-electron chi connectivity index (χ2n) is 43.2. The Morgan fingerprint density at radius 1 is 0.268 bits per heavy atom. The summed E-state index contributed by atoms with van der Waals surface area (Å²) in [5.41, 5.74) is 72.3. The summed E-state index contributed by atoms with van der Waals surface area (Å²) in [7, 11) is 5.44. The van der Waals surface area contributed by atoms with E-state index in [-0.39, 0.29) is 14.9 Å². The Morgan fingerprint density at radius 2 is 0.472 bits per heavy atom. The molecule has 0 aromatic heterocycles. The Kier molecular flexibility index (Phi) is 26.2. The third kappa shape index (κ3) is 16.5. The molecule has 0 heterocycles. The molecule has 4 saturated carbocycles. The molecular weight excluding hydrogens is 1680 g/mol. The molecule has 10 aromatic carbocycles. The first-order valence-electron chi connectivity index (χ1n) is 48.0. The Hall–Kier alpha value is -7.46. The Morgan fingerprint density at radius 3 is 0.724 bits per heavy atom. The van der Waals surface area contributed by atoms with Crippen molar-refractivity contribution in [2.24, 2.45) is 35.5 Å². The van der Waals surface area contributed by atoms with Crippen LogP contribution in [0.5, 0.6) is 0 Å². The molecule has 656 valence electrons. The predicted octanol–water partition coefficient (Wildman–Crippen LogP) is 35.2. The minimum atomic E-state index is -2.34. The van der Waals surface area contributed by atoms with Gasteiger partial charge in [-0.2, -0.15) is 0 Å². The van der Waals surface area contributed by atoms with E-state index in [1.54, 1.807) is 111 Å². The molecule has 20 rings (SSSR count). The van der Waals surface area contributed by atoms with Crippen molar-refractivity contribution in [3.63, 3.8) is 0 Å². The van der Waals surface area contributed by atoms with Crippen LogP contribution in [0.15, 0.2) is 179 Å². The molecule has 0 spiro atoms. The maximum absolute atomic E-state index is 4.93. The van der Waals surface area contributed by atoms with Gasteiger partial charge in [-0.25, -0.2) is 0 Å². The first-order valence-corrected chi connectivity index (χ1v) is 60.6. The molecule has 10 aromatic rings. The zero-order valence-corrected chi connectivity index (χ0v) is 87.9. The Bertz CT molecular complexity index is 5820. The van der Waals surface area contributed by atoms with Gasteiger partial charge in [0.05, 0.1) is 16.1 Å². The van der Waals surface area contributed by atoms with Gasteiger partial charge in [-0.3, -0.25) is 0 Å². The quantitative estimate of drug-likeness (QED) is 0.0845. The molecule has 127 heavy (non-hydrogen) atoms. The third-order valence-electron chi connectivity index (χ3n) is 32.2. The van der Waals surface area contributed by atoms with E-state index < -0.39 is 37.0 Å². The van der Waals surface area contributed by atoms with Gasteiger partial charge in [-0.1, -0.05) is 298 Å². The number of fused-ring (bicyclic) bond motifs is 8. The monoisotopic (exact) mass is 1820 g/mol. The van der Waals surface area contributed by atoms with E-state index in [0.29, 0.717) is 57.7 Å². The van der Waals surface area contributed by atoms with Crippen LogP contribution in [0.1, 0.15) is 259 Å². The van der Waals surface area contributed by atoms with Crippen molar-refractivity contribution in [3.8, 4) is 44.5 Å². The summed E-state index contributed by atoms with van der Waals surface area (Å²) < 4.78 is 0. The van der Waals surface area contributed by atoms with Crippen LogP contribution in [0, 0.1) is 161 Å². The average molecular weight is 1830 g/mol. The zero-order valence-electron chi connectivity index (χ0n) is 81.9. The van der Waals surface area contributed by atoms with Gasteiger partial charge in [0.1, 0.15) is 0 Å². The SMILES string of the molecule is CC1=Cc2c(-c3cc(C)cc(C)c3)c3c(c(-c4cc(C)cc(C)c4)c2C1[Si](C)(C)C1C(C)=Cc2c(-c4cc(C)cc(C)c4)c4c(c(-c5cc(C)cc(C)c5)c21)CCC4)CCC3.Cc1cc(C)cc(C2=C3CCCC3=C(c3cc(C)cc(C)c3)C3C2CC(C)C3[Si](C)(C)C2C(C)CC3C(c4cc(C)cc(C)c4)=C4CCCC4=C(c4cc(C)cc(C)c4)C32)c1.[CH3-].[CH3-].[Cl][Zr+2][Cl]. The number of allylic oxidation sites excluding steroid dienone is 10. The Balaban J connectivity index is 0.000000179. The van der Waals surface area contributed by atoms with Crippen molar-refractivity contribution in [3.05, 3.63) is 350 Å². The van der Waals surface area contributed by atoms with Gasteiger partial charge in [0.15, 0.2) is 0 Å². The molecule has 10 unspecified atom stereocenters. The van der Waals surface area contributed by atoms with Crippen LogP contribution in [0.2, 0.25) is 37.3 Å². The maximum atomic E-state index is 4.93. The topological polar surface area (TPSA) is 0 Å². The van der Waals surface area contributed by atoms with E-state index in [4.69, 9.17) is 17.0 Å². The summed E-state index contributed by atoms with van der Waals surface area (Å²) in [5, 5.41) is 0. The number of hydrogen-bond donors (Lipinski definition) is 0. The molecule has 0 aliphatic heterocycles. The van der Waals surface area contributed by atoms with Crippen molar-refractivity contribution >= 4 is 67.6 Å². The van der Waals surface area contributed by atoms with Crippen molar-refractivity contribution in [2.45, 2.75) is 277 Å². The molecule has 0 nitrogen and oxygen atoms in total. The molecule has 0 saturated heterocycles. The number of aryl methyl sites for hydroxylation is 16. The number of halogens is 2. The van der Waals surface area contributed by atoms with Crippen LogP contribution in [-0.2, 0) is 46.5 Å². The fourth-order valence-corrected chi connectivity index (χ4v) is 41.0. The zero-order chi connectivity index (χ0) is 88.3. The van der Waals surface area contributed by atoms with Gasteiger partial charge in [0.25, 0.3) is 0 Å². The van der Waals surface area contributed by atoms with Gasteiger partial charge in [0.2, 0.25) is 0 Å². The second-order valence-corrected chi connectivity index (χ2v) is 56.7. The van der Waals surface area contributed by atoms with Crippen molar-refractivity contribution in [1.82, 2.24) is 0 Å². The van der Waals surface area contributed by atoms with E-state index in [2.05, 4.69) is 322 Å². The number of benzene rings is 10. The summed E-state index contributed by atoms with van der Waals surface area (Å²) in [6.07, 6.45) is 22.6. The van der Waals surface area contributed by atoms with Crippen LogP contribution in [0.3, 0.4) is 0 Å². The summed E-state index contributed by atoms with van der Waals surface area (Å²) in [4.78, 5) is 0. The van der Waals surface area contributed by atoms with Crippen LogP contribution in [-0.4, -0.2) is 16.1 Å². The number of hydrogen-bond acceptors (Lipinski definition) is 0. The average Bonchev–Trinajstić information content (AvgIpc) is 1.54. The molecule has 4 fully saturated rings. The molecule has 10 aliphatic carbocycles. The van der Waals surface area contributed by atoms with Gasteiger partial charge >= 0.3 is 37.9 Å². The first-order chi connectivity index (χ1) is 59.6. The molecule has 0 radical (unpaired) electrons. The van der Waals surface area contributed by atoms with Gasteiger partial charge in [-0.15, -0.1) is 0 Å². The number of rotatable bonds is 12. The van der Waals surface area contributed by atoms with Crippen LogP contribution in [0.4, 0.5) is 0 Å². The molecule has 5 heteroatoms. The van der Waals surface area contributed by atoms with Gasteiger partial charge in [-0.05, 0) is 417 Å².